The van der Waals surface area contributed by atoms with Gasteiger partial charge in [-0.2, -0.15) is 0 Å². The molecule has 22 heavy (non-hydrogen) atoms. The summed E-state index contributed by atoms with van der Waals surface area (Å²) in [4.78, 5) is 12.3. The summed E-state index contributed by atoms with van der Waals surface area (Å²) in [7, 11) is -3.22. The molecule has 1 amide bonds. The van der Waals surface area contributed by atoms with Gasteiger partial charge in [-0.05, 0) is 37.0 Å². The van der Waals surface area contributed by atoms with Crippen molar-refractivity contribution in [3.05, 3.63) is 41.1 Å². The normalized spacial score (nSPS) is 13.9. The van der Waals surface area contributed by atoms with Crippen molar-refractivity contribution >= 4 is 21.6 Å². The van der Waals surface area contributed by atoms with E-state index in [0.29, 0.717) is 5.88 Å². The molecule has 1 heterocycles. The summed E-state index contributed by atoms with van der Waals surface area (Å²) in [6.45, 7) is 0. The van der Waals surface area contributed by atoms with Gasteiger partial charge in [0.15, 0.2) is 9.84 Å². The van der Waals surface area contributed by atoms with E-state index < -0.39 is 9.84 Å². The van der Waals surface area contributed by atoms with Crippen molar-refractivity contribution in [2.75, 3.05) is 11.6 Å². The van der Waals surface area contributed by atoms with E-state index in [1.807, 2.05) is 0 Å². The zero-order valence-electron chi connectivity index (χ0n) is 12.1. The molecule has 2 aromatic rings. The average molecular weight is 320 g/mol. The zero-order valence-corrected chi connectivity index (χ0v) is 12.9. The number of hydrogen-bond donors (Lipinski definition) is 1. The average Bonchev–Trinajstić information content (AvgIpc) is 3.03. The number of carbonyl (C=O) groups excluding carboxylic acids is 1. The fourth-order valence-corrected chi connectivity index (χ4v) is 3.17. The Morgan fingerprint density at radius 1 is 1.27 bits per heavy atom. The molecule has 0 atom stereocenters. The minimum Gasteiger partial charge on any atom is -0.338 e. The highest BCUT2D eigenvalue weighted by molar-refractivity contribution is 7.90. The first kappa shape index (κ1) is 14.8. The number of carbonyl (C=O) groups is 1. The first-order chi connectivity index (χ1) is 10.4. The van der Waals surface area contributed by atoms with Crippen LogP contribution in [-0.4, -0.2) is 25.7 Å². The van der Waals surface area contributed by atoms with Crippen molar-refractivity contribution < 1.29 is 17.7 Å². The third-order valence-electron chi connectivity index (χ3n) is 3.68. The summed E-state index contributed by atoms with van der Waals surface area (Å²) < 4.78 is 27.9. The lowest BCUT2D eigenvalue weighted by Gasteiger charge is -2.04. The third-order valence-corrected chi connectivity index (χ3v) is 4.81. The molecule has 116 valence electrons. The van der Waals surface area contributed by atoms with Crippen LogP contribution in [0.5, 0.6) is 0 Å². The van der Waals surface area contributed by atoms with E-state index in [-0.39, 0.29) is 17.2 Å². The van der Waals surface area contributed by atoms with Crippen molar-refractivity contribution in [2.45, 2.75) is 30.6 Å². The Labute approximate surface area is 128 Å². The highest BCUT2D eigenvalue weighted by atomic mass is 32.2. The maximum absolute atomic E-state index is 12.0. The number of anilines is 1. The van der Waals surface area contributed by atoms with Gasteiger partial charge in [0, 0.05) is 11.8 Å². The van der Waals surface area contributed by atoms with Crippen LogP contribution >= 0.6 is 0 Å². The summed E-state index contributed by atoms with van der Waals surface area (Å²) >= 11 is 0. The van der Waals surface area contributed by atoms with E-state index in [9.17, 15) is 13.2 Å². The summed E-state index contributed by atoms with van der Waals surface area (Å²) in [5.74, 6) is 0.225. The summed E-state index contributed by atoms with van der Waals surface area (Å²) in [6.07, 6.45) is 4.10. The second kappa shape index (κ2) is 5.57. The van der Waals surface area contributed by atoms with Crippen molar-refractivity contribution in [3.8, 4) is 0 Å². The molecular weight excluding hydrogens is 304 g/mol. The number of benzene rings is 1. The molecule has 0 radical (unpaired) electrons. The molecule has 0 aliphatic heterocycles. The fraction of sp³-hybridized carbons (Fsp3) is 0.333. The van der Waals surface area contributed by atoms with Crippen LogP contribution in [0.25, 0.3) is 0 Å². The molecule has 1 N–H and O–H groups in total. The number of sulfone groups is 1. The van der Waals surface area contributed by atoms with Crippen LogP contribution in [0.2, 0.25) is 0 Å². The van der Waals surface area contributed by atoms with Gasteiger partial charge in [0.25, 0.3) is 0 Å². The molecular formula is C15H16N2O4S. The van der Waals surface area contributed by atoms with E-state index in [4.69, 9.17) is 4.52 Å². The second-order valence-corrected chi connectivity index (χ2v) is 7.45. The van der Waals surface area contributed by atoms with Gasteiger partial charge < -0.3 is 4.52 Å². The van der Waals surface area contributed by atoms with E-state index in [2.05, 4.69) is 10.5 Å². The highest BCUT2D eigenvalue weighted by Crippen LogP contribution is 2.28. The van der Waals surface area contributed by atoms with E-state index in [0.717, 1.165) is 42.3 Å². The molecule has 6 nitrogen and oxygen atoms in total. The molecule has 0 saturated heterocycles. The van der Waals surface area contributed by atoms with Crippen LogP contribution < -0.4 is 5.32 Å². The monoisotopic (exact) mass is 320 g/mol. The lowest BCUT2D eigenvalue weighted by atomic mass is 10.1. The Morgan fingerprint density at radius 3 is 2.68 bits per heavy atom. The first-order valence-corrected chi connectivity index (χ1v) is 8.89. The van der Waals surface area contributed by atoms with Crippen LogP contribution in [0, 0.1) is 0 Å². The summed E-state index contributed by atoms with van der Waals surface area (Å²) in [5.41, 5.74) is 2.65. The second-order valence-electron chi connectivity index (χ2n) is 5.43. The molecule has 1 aliphatic carbocycles. The van der Waals surface area contributed by atoms with Gasteiger partial charge in [-0.3, -0.25) is 10.1 Å². The van der Waals surface area contributed by atoms with E-state index >= 15 is 0 Å². The molecule has 0 spiro atoms. The highest BCUT2D eigenvalue weighted by Gasteiger charge is 2.22. The number of amides is 1. The van der Waals surface area contributed by atoms with Gasteiger partial charge in [-0.1, -0.05) is 17.3 Å². The van der Waals surface area contributed by atoms with Crippen molar-refractivity contribution in [1.29, 1.82) is 0 Å². The minimum absolute atomic E-state index is 0.152. The van der Waals surface area contributed by atoms with Gasteiger partial charge in [0.1, 0.15) is 0 Å². The predicted octanol–water partition coefficient (Wildman–Crippen LogP) is 1.75. The Bertz CT molecular complexity index is 807. The van der Waals surface area contributed by atoms with E-state index in [1.54, 1.807) is 12.1 Å². The van der Waals surface area contributed by atoms with Crippen LogP contribution in [0.1, 0.15) is 23.2 Å². The number of aryl methyl sites for hydroxylation is 1. The van der Waals surface area contributed by atoms with Crippen molar-refractivity contribution in [1.82, 2.24) is 5.16 Å². The van der Waals surface area contributed by atoms with Gasteiger partial charge in [0.2, 0.25) is 11.8 Å². The van der Waals surface area contributed by atoms with Crippen LogP contribution in [0.4, 0.5) is 5.88 Å². The summed E-state index contributed by atoms with van der Waals surface area (Å²) in [6, 6.07) is 6.29. The van der Waals surface area contributed by atoms with Crippen molar-refractivity contribution in [2.24, 2.45) is 0 Å². The maximum Gasteiger partial charge on any atom is 0.234 e. The van der Waals surface area contributed by atoms with Crippen LogP contribution in [0.3, 0.4) is 0 Å². The quantitative estimate of drug-likeness (QED) is 0.927. The lowest BCUT2D eigenvalue weighted by Crippen LogP contribution is -2.14. The SMILES string of the molecule is CS(=O)(=O)c1ccc(CC(=O)Nc2onc3c2CCC3)cc1. The van der Waals surface area contributed by atoms with Crippen molar-refractivity contribution in [3.63, 3.8) is 0 Å². The minimum atomic E-state index is -3.22. The molecule has 0 unspecified atom stereocenters. The zero-order chi connectivity index (χ0) is 15.7. The van der Waals surface area contributed by atoms with Gasteiger partial charge in [-0.25, -0.2) is 8.42 Å². The van der Waals surface area contributed by atoms with Crippen LogP contribution in [0.15, 0.2) is 33.7 Å². The number of aromatic nitrogens is 1. The Hall–Kier alpha value is -2.15. The first-order valence-electron chi connectivity index (χ1n) is 7.00. The number of hydrogen-bond acceptors (Lipinski definition) is 5. The lowest BCUT2D eigenvalue weighted by molar-refractivity contribution is -0.115. The molecule has 1 aromatic carbocycles. The Kier molecular flexibility index (Phi) is 3.74. The van der Waals surface area contributed by atoms with E-state index in [1.165, 1.54) is 12.1 Å². The van der Waals surface area contributed by atoms with Gasteiger partial charge in [0.05, 0.1) is 17.0 Å². The molecule has 0 saturated carbocycles. The molecule has 3 rings (SSSR count). The standard InChI is InChI=1S/C15H16N2O4S/c1-22(19,20)11-7-5-10(6-8-11)9-14(18)16-15-12-3-2-4-13(12)17-21-15/h5-8H,2-4,9H2,1H3,(H,16,18). The largest absolute Gasteiger partial charge is 0.338 e. The van der Waals surface area contributed by atoms with Gasteiger partial charge >= 0.3 is 0 Å². The Morgan fingerprint density at radius 2 is 2.00 bits per heavy atom. The molecule has 1 aliphatic rings. The number of rotatable bonds is 4. The number of fused-ring (bicyclic) bond motifs is 1. The van der Waals surface area contributed by atoms with Crippen LogP contribution in [-0.2, 0) is 33.9 Å². The molecule has 0 fully saturated rings. The smallest absolute Gasteiger partial charge is 0.234 e. The Balaban J connectivity index is 1.67. The summed E-state index contributed by atoms with van der Waals surface area (Å²) in [5, 5.41) is 6.67. The topological polar surface area (TPSA) is 89.3 Å². The third kappa shape index (κ3) is 3.04. The van der Waals surface area contributed by atoms with Gasteiger partial charge in [-0.15, -0.1) is 0 Å². The molecule has 7 heteroatoms. The molecule has 0 bridgehead atoms. The molecule has 1 aromatic heterocycles. The fourth-order valence-electron chi connectivity index (χ4n) is 2.54. The number of nitrogens with one attached hydrogen (secondary N) is 1. The predicted molar refractivity (Wildman–Crippen MR) is 80.4 cm³/mol. The maximum atomic E-state index is 12.0. The number of nitrogens with zero attached hydrogens (tertiary/aromatic N) is 1.